The van der Waals surface area contributed by atoms with Crippen LogP contribution in [-0.4, -0.2) is 11.6 Å². The second-order valence-corrected chi connectivity index (χ2v) is 4.09. The minimum Gasteiger partial charge on any atom is -0.494 e. The van der Waals surface area contributed by atoms with Crippen LogP contribution in [0.2, 0.25) is 0 Å². The van der Waals surface area contributed by atoms with Crippen molar-refractivity contribution in [2.24, 2.45) is 0 Å². The molecule has 0 amide bonds. The van der Waals surface area contributed by atoms with Crippen LogP contribution < -0.4 is 4.74 Å². The molecule has 1 heterocycles. The maximum absolute atomic E-state index is 5.32. The fourth-order valence-corrected chi connectivity index (χ4v) is 2.29. The first kappa shape index (κ1) is 9.50. The summed E-state index contributed by atoms with van der Waals surface area (Å²) >= 11 is 4.35. The van der Waals surface area contributed by atoms with Gasteiger partial charge in [0.05, 0.1) is 6.61 Å². The van der Waals surface area contributed by atoms with Crippen molar-refractivity contribution in [2.75, 3.05) is 6.61 Å². The lowest BCUT2D eigenvalue weighted by Crippen LogP contribution is -1.94. The van der Waals surface area contributed by atoms with Crippen LogP contribution in [0.5, 0.6) is 5.75 Å². The van der Waals surface area contributed by atoms with Gasteiger partial charge in [-0.15, -0.1) is 0 Å². The third-order valence-electron chi connectivity index (χ3n) is 1.05. The normalized spacial score (nSPS) is 9.73. The number of nitrogens with zero attached hydrogens (tertiary/aromatic N) is 1. The van der Waals surface area contributed by atoms with E-state index in [4.69, 9.17) is 4.74 Å². The van der Waals surface area contributed by atoms with E-state index in [2.05, 4.69) is 50.2 Å². The predicted molar refractivity (Wildman–Crippen MR) is 60.8 cm³/mol. The van der Waals surface area contributed by atoms with Crippen molar-refractivity contribution in [3.05, 3.63) is 19.5 Å². The predicted octanol–water partition coefficient (Wildman–Crippen LogP) is 2.69. The van der Waals surface area contributed by atoms with Crippen molar-refractivity contribution in [1.29, 1.82) is 0 Å². The van der Waals surface area contributed by atoms with Gasteiger partial charge >= 0.3 is 0 Å². The lowest BCUT2D eigenvalue weighted by atomic mass is 10.4. The highest BCUT2D eigenvalue weighted by molar-refractivity contribution is 14.1. The Hall–Kier alpha value is 0.410. The van der Waals surface area contributed by atoms with Crippen molar-refractivity contribution in [1.82, 2.24) is 4.98 Å². The van der Waals surface area contributed by atoms with Crippen LogP contribution in [0.4, 0.5) is 0 Å². The smallest absolute Gasteiger partial charge is 0.124 e. The molecule has 0 aromatic carbocycles. The molecule has 0 unspecified atom stereocenters. The van der Waals surface area contributed by atoms with E-state index >= 15 is 0 Å². The van der Waals surface area contributed by atoms with E-state index in [1.54, 1.807) is 0 Å². The average Bonchev–Trinajstić information content (AvgIpc) is 1.85. The molecular formula is C7H7I2NO. The van der Waals surface area contributed by atoms with Gasteiger partial charge in [0, 0.05) is 12.1 Å². The Morgan fingerprint density at radius 3 is 2.36 bits per heavy atom. The Morgan fingerprint density at radius 1 is 1.36 bits per heavy atom. The van der Waals surface area contributed by atoms with Gasteiger partial charge in [0.2, 0.25) is 0 Å². The summed E-state index contributed by atoms with van der Waals surface area (Å²) in [6, 6.07) is 3.85. The van der Waals surface area contributed by atoms with E-state index < -0.39 is 0 Å². The maximum atomic E-state index is 5.32. The summed E-state index contributed by atoms with van der Waals surface area (Å²) in [6.45, 7) is 2.68. The number of aromatic nitrogens is 1. The van der Waals surface area contributed by atoms with Crippen LogP contribution in [0.15, 0.2) is 12.1 Å². The summed E-state index contributed by atoms with van der Waals surface area (Å²) < 4.78 is 7.26. The topological polar surface area (TPSA) is 22.1 Å². The Labute approximate surface area is 93.0 Å². The van der Waals surface area contributed by atoms with E-state index in [0.717, 1.165) is 13.2 Å². The number of ether oxygens (including phenoxy) is 1. The molecule has 1 aromatic heterocycles. The molecule has 0 N–H and O–H groups in total. The quantitative estimate of drug-likeness (QED) is 0.586. The molecule has 0 bridgehead atoms. The molecule has 11 heavy (non-hydrogen) atoms. The van der Waals surface area contributed by atoms with Gasteiger partial charge in [0.15, 0.2) is 0 Å². The first-order valence-corrected chi connectivity index (χ1v) is 5.34. The lowest BCUT2D eigenvalue weighted by molar-refractivity contribution is 0.339. The maximum Gasteiger partial charge on any atom is 0.124 e. The van der Waals surface area contributed by atoms with Crippen molar-refractivity contribution in [3.63, 3.8) is 0 Å². The molecule has 0 aliphatic carbocycles. The van der Waals surface area contributed by atoms with E-state index in [1.807, 2.05) is 19.1 Å². The summed E-state index contributed by atoms with van der Waals surface area (Å²) in [7, 11) is 0. The average molecular weight is 375 g/mol. The zero-order valence-corrected chi connectivity index (χ0v) is 10.3. The Bertz CT molecular complexity index is 232. The van der Waals surface area contributed by atoms with E-state index in [-0.39, 0.29) is 0 Å². The highest BCUT2D eigenvalue weighted by Gasteiger charge is 1.97. The van der Waals surface area contributed by atoms with Gasteiger partial charge in [0.25, 0.3) is 0 Å². The molecule has 0 saturated carbocycles. The highest BCUT2D eigenvalue weighted by atomic mass is 127. The van der Waals surface area contributed by atoms with Crippen LogP contribution in [0.1, 0.15) is 6.92 Å². The van der Waals surface area contributed by atoms with E-state index in [0.29, 0.717) is 6.61 Å². The third-order valence-corrected chi connectivity index (χ3v) is 2.15. The van der Waals surface area contributed by atoms with Gasteiger partial charge in [-0.05, 0) is 52.1 Å². The van der Waals surface area contributed by atoms with Gasteiger partial charge < -0.3 is 4.74 Å². The van der Waals surface area contributed by atoms with Crippen LogP contribution >= 0.6 is 45.2 Å². The minimum atomic E-state index is 0.705. The molecule has 0 aliphatic heterocycles. The highest BCUT2D eigenvalue weighted by Crippen LogP contribution is 2.16. The van der Waals surface area contributed by atoms with Crippen LogP contribution in [0, 0.1) is 7.40 Å². The molecule has 0 saturated heterocycles. The van der Waals surface area contributed by atoms with E-state index in [1.165, 1.54) is 0 Å². The van der Waals surface area contributed by atoms with Gasteiger partial charge in [-0.2, -0.15) is 0 Å². The van der Waals surface area contributed by atoms with Crippen LogP contribution in [0.3, 0.4) is 0 Å². The number of rotatable bonds is 2. The van der Waals surface area contributed by atoms with Crippen molar-refractivity contribution >= 4 is 45.2 Å². The molecule has 0 atom stereocenters. The fourth-order valence-electron chi connectivity index (χ4n) is 0.693. The number of halogens is 2. The second kappa shape index (κ2) is 4.44. The standard InChI is InChI=1S/C7H7I2NO/c1-2-11-5-3-6(8)10-7(9)4-5/h3-4H,2H2,1H3. The third kappa shape index (κ3) is 3.10. The summed E-state index contributed by atoms with van der Waals surface area (Å²) in [4.78, 5) is 4.21. The molecule has 0 radical (unpaired) electrons. The molecule has 0 fully saturated rings. The largest absolute Gasteiger partial charge is 0.494 e. The van der Waals surface area contributed by atoms with Crippen LogP contribution in [0.25, 0.3) is 0 Å². The second-order valence-electron chi connectivity index (χ2n) is 1.88. The molecule has 0 aliphatic rings. The Balaban J connectivity index is 2.89. The zero-order chi connectivity index (χ0) is 8.27. The van der Waals surface area contributed by atoms with Crippen molar-refractivity contribution in [2.45, 2.75) is 6.92 Å². The summed E-state index contributed by atoms with van der Waals surface area (Å²) in [5.41, 5.74) is 0. The Morgan fingerprint density at radius 2 is 1.91 bits per heavy atom. The van der Waals surface area contributed by atoms with Crippen molar-refractivity contribution < 1.29 is 4.74 Å². The van der Waals surface area contributed by atoms with Gasteiger partial charge in [0.1, 0.15) is 13.2 Å². The monoisotopic (exact) mass is 375 g/mol. The fraction of sp³-hybridized carbons (Fsp3) is 0.286. The zero-order valence-electron chi connectivity index (χ0n) is 5.97. The molecule has 1 rings (SSSR count). The SMILES string of the molecule is CCOc1cc(I)nc(I)c1. The number of hydrogen-bond donors (Lipinski definition) is 0. The summed E-state index contributed by atoms with van der Waals surface area (Å²) in [6.07, 6.45) is 0. The molecule has 2 nitrogen and oxygen atoms in total. The van der Waals surface area contributed by atoms with Gasteiger partial charge in [-0.1, -0.05) is 0 Å². The first-order valence-electron chi connectivity index (χ1n) is 3.18. The first-order chi connectivity index (χ1) is 5.22. The molecular weight excluding hydrogens is 368 g/mol. The molecule has 1 aromatic rings. The minimum absolute atomic E-state index is 0.705. The van der Waals surface area contributed by atoms with Gasteiger partial charge in [-0.3, -0.25) is 0 Å². The summed E-state index contributed by atoms with van der Waals surface area (Å²) in [5.74, 6) is 0.899. The van der Waals surface area contributed by atoms with Gasteiger partial charge in [-0.25, -0.2) is 4.98 Å². The number of pyridine rings is 1. The van der Waals surface area contributed by atoms with Crippen LogP contribution in [-0.2, 0) is 0 Å². The Kier molecular flexibility index (Phi) is 3.83. The summed E-state index contributed by atoms with van der Waals surface area (Å²) in [5, 5.41) is 0. The molecule has 0 spiro atoms. The molecule has 60 valence electrons. The lowest BCUT2D eigenvalue weighted by Gasteiger charge is -2.02. The van der Waals surface area contributed by atoms with E-state index in [9.17, 15) is 0 Å². The van der Waals surface area contributed by atoms with Crippen molar-refractivity contribution in [3.8, 4) is 5.75 Å². The number of hydrogen-bond acceptors (Lipinski definition) is 2. The molecule has 4 heteroatoms.